The van der Waals surface area contributed by atoms with E-state index in [2.05, 4.69) is 49.4 Å². The third-order valence-corrected chi connectivity index (χ3v) is 4.14. The Labute approximate surface area is 118 Å². The minimum atomic E-state index is -0.140. The van der Waals surface area contributed by atoms with Gasteiger partial charge in [-0.3, -0.25) is 4.79 Å². The van der Waals surface area contributed by atoms with E-state index in [9.17, 15) is 4.79 Å². The van der Waals surface area contributed by atoms with Crippen molar-refractivity contribution in [2.45, 2.75) is 18.9 Å². The van der Waals surface area contributed by atoms with Crippen molar-refractivity contribution in [3.63, 3.8) is 0 Å². The molecule has 1 amide bonds. The van der Waals surface area contributed by atoms with Gasteiger partial charge in [0.1, 0.15) is 0 Å². The molecule has 3 nitrogen and oxygen atoms in total. The first-order chi connectivity index (χ1) is 8.00. The highest BCUT2D eigenvalue weighted by Gasteiger charge is 2.30. The van der Waals surface area contributed by atoms with Gasteiger partial charge < -0.3 is 10.6 Å². The van der Waals surface area contributed by atoms with Gasteiger partial charge in [0.05, 0.1) is 11.1 Å². The largest absolute Gasteiger partial charge is 0.346 e. The summed E-state index contributed by atoms with van der Waals surface area (Å²) < 4.78 is 1.72. The number of halogens is 2. The summed E-state index contributed by atoms with van der Waals surface area (Å²) in [5.74, 6) is -0.0376. The summed E-state index contributed by atoms with van der Waals surface area (Å²) in [4.78, 5) is 12.2. The minimum absolute atomic E-state index is 0.0376. The molecule has 2 rings (SSSR count). The Morgan fingerprint density at radius 3 is 2.88 bits per heavy atom. The average Bonchev–Trinajstić information content (AvgIpc) is 2.68. The molecule has 1 saturated heterocycles. The minimum Gasteiger partial charge on any atom is -0.346 e. The normalized spacial score (nSPS) is 23.7. The van der Waals surface area contributed by atoms with Gasteiger partial charge in [0.25, 0.3) is 5.91 Å². The molecule has 92 valence electrons. The van der Waals surface area contributed by atoms with E-state index >= 15 is 0 Å². The predicted molar refractivity (Wildman–Crippen MR) is 75.2 cm³/mol. The summed E-state index contributed by atoms with van der Waals surface area (Å²) >= 11 is 6.78. The van der Waals surface area contributed by atoms with Crippen LogP contribution in [0.3, 0.4) is 0 Å². The molecule has 1 atom stereocenters. The van der Waals surface area contributed by atoms with Gasteiger partial charge in [-0.15, -0.1) is 0 Å². The summed E-state index contributed by atoms with van der Waals surface area (Å²) in [6.07, 6.45) is 0.963. The van der Waals surface area contributed by atoms with Crippen molar-refractivity contribution in [1.82, 2.24) is 10.6 Å². The van der Waals surface area contributed by atoms with E-state index in [1.165, 1.54) is 0 Å². The Hall–Kier alpha value is -0.390. The summed E-state index contributed by atoms with van der Waals surface area (Å²) in [7, 11) is 0. The van der Waals surface area contributed by atoms with Crippen LogP contribution in [-0.2, 0) is 0 Å². The molecule has 1 unspecified atom stereocenters. The zero-order valence-electron chi connectivity index (χ0n) is 9.52. The third kappa shape index (κ3) is 3.09. The highest BCUT2D eigenvalue weighted by atomic mass is 79.9. The fraction of sp³-hybridized carbons (Fsp3) is 0.417. The van der Waals surface area contributed by atoms with E-state index in [1.54, 1.807) is 0 Å². The molecule has 1 aromatic rings. The van der Waals surface area contributed by atoms with Crippen LogP contribution in [0.1, 0.15) is 23.7 Å². The van der Waals surface area contributed by atoms with E-state index in [-0.39, 0.29) is 11.4 Å². The van der Waals surface area contributed by atoms with Crippen LogP contribution in [0, 0.1) is 0 Å². The number of benzene rings is 1. The SMILES string of the molecule is CC1(NC(=O)c2cc(Br)ccc2Br)CCNC1. The lowest BCUT2D eigenvalue weighted by Gasteiger charge is -2.24. The fourth-order valence-corrected chi connectivity index (χ4v) is 2.72. The molecule has 0 saturated carbocycles. The van der Waals surface area contributed by atoms with Gasteiger partial charge in [0, 0.05) is 15.5 Å². The molecule has 0 aliphatic carbocycles. The van der Waals surface area contributed by atoms with Gasteiger partial charge in [-0.2, -0.15) is 0 Å². The van der Waals surface area contributed by atoms with Gasteiger partial charge in [0.15, 0.2) is 0 Å². The van der Waals surface area contributed by atoms with Crippen LogP contribution in [0.5, 0.6) is 0 Å². The molecular weight excluding hydrogens is 348 g/mol. The zero-order chi connectivity index (χ0) is 12.5. The van der Waals surface area contributed by atoms with Gasteiger partial charge in [-0.05, 0) is 54.0 Å². The molecule has 1 fully saturated rings. The molecule has 1 heterocycles. The van der Waals surface area contributed by atoms with E-state index < -0.39 is 0 Å². The monoisotopic (exact) mass is 360 g/mol. The summed E-state index contributed by atoms with van der Waals surface area (Å²) in [6, 6.07) is 5.60. The molecule has 5 heteroatoms. The number of carbonyl (C=O) groups is 1. The fourth-order valence-electron chi connectivity index (χ4n) is 1.94. The van der Waals surface area contributed by atoms with Crippen molar-refractivity contribution < 1.29 is 4.79 Å². The van der Waals surface area contributed by atoms with Gasteiger partial charge in [-0.25, -0.2) is 0 Å². The van der Waals surface area contributed by atoms with Crippen LogP contribution >= 0.6 is 31.9 Å². The number of hydrogen-bond acceptors (Lipinski definition) is 2. The van der Waals surface area contributed by atoms with Crippen molar-refractivity contribution in [3.05, 3.63) is 32.7 Å². The maximum absolute atomic E-state index is 12.2. The summed E-state index contributed by atoms with van der Waals surface area (Å²) in [5.41, 5.74) is 0.520. The summed E-state index contributed by atoms with van der Waals surface area (Å²) in [6.45, 7) is 3.84. The first kappa shape index (κ1) is 13.1. The van der Waals surface area contributed by atoms with Crippen molar-refractivity contribution in [3.8, 4) is 0 Å². The smallest absolute Gasteiger partial charge is 0.252 e. The number of amides is 1. The van der Waals surface area contributed by atoms with E-state index in [4.69, 9.17) is 0 Å². The molecule has 1 aliphatic heterocycles. The number of hydrogen-bond donors (Lipinski definition) is 2. The van der Waals surface area contributed by atoms with Crippen molar-refractivity contribution in [1.29, 1.82) is 0 Å². The van der Waals surface area contributed by atoms with Crippen LogP contribution in [0.15, 0.2) is 27.1 Å². The van der Waals surface area contributed by atoms with Gasteiger partial charge in [0.2, 0.25) is 0 Å². The lowest BCUT2D eigenvalue weighted by atomic mass is 10.0. The van der Waals surface area contributed by atoms with E-state index in [1.807, 2.05) is 18.2 Å². The first-order valence-electron chi connectivity index (χ1n) is 5.48. The van der Waals surface area contributed by atoms with Crippen molar-refractivity contribution >= 4 is 37.8 Å². The Bertz CT molecular complexity index is 442. The highest BCUT2D eigenvalue weighted by molar-refractivity contribution is 9.11. The summed E-state index contributed by atoms with van der Waals surface area (Å²) in [5, 5.41) is 6.35. The second-order valence-corrected chi connectivity index (χ2v) is 6.34. The molecule has 1 aliphatic rings. The van der Waals surface area contributed by atoms with Crippen molar-refractivity contribution in [2.75, 3.05) is 13.1 Å². The standard InChI is InChI=1S/C12H14Br2N2O/c1-12(4-5-15-7-12)16-11(17)9-6-8(13)2-3-10(9)14/h2-3,6,15H,4-5,7H2,1H3,(H,16,17). The average molecular weight is 362 g/mol. The molecule has 0 bridgehead atoms. The number of carbonyl (C=O) groups excluding carboxylic acids is 1. The second-order valence-electron chi connectivity index (χ2n) is 4.57. The lowest BCUT2D eigenvalue weighted by molar-refractivity contribution is 0.0912. The third-order valence-electron chi connectivity index (χ3n) is 2.96. The maximum atomic E-state index is 12.2. The van der Waals surface area contributed by atoms with E-state index in [0.29, 0.717) is 5.56 Å². The molecule has 0 spiro atoms. The lowest BCUT2D eigenvalue weighted by Crippen LogP contribution is -2.47. The first-order valence-corrected chi connectivity index (χ1v) is 7.07. The molecule has 0 radical (unpaired) electrons. The number of nitrogens with one attached hydrogen (secondary N) is 2. The van der Waals surface area contributed by atoms with Gasteiger partial charge >= 0.3 is 0 Å². The molecule has 2 N–H and O–H groups in total. The van der Waals surface area contributed by atoms with Gasteiger partial charge in [-0.1, -0.05) is 15.9 Å². The van der Waals surface area contributed by atoms with Crippen LogP contribution in [0.25, 0.3) is 0 Å². The molecular formula is C12H14Br2N2O. The predicted octanol–water partition coefficient (Wildman–Crippen LogP) is 2.69. The van der Waals surface area contributed by atoms with E-state index in [0.717, 1.165) is 28.5 Å². The highest BCUT2D eigenvalue weighted by Crippen LogP contribution is 2.23. The molecule has 0 aromatic heterocycles. The van der Waals surface area contributed by atoms with Crippen LogP contribution in [-0.4, -0.2) is 24.5 Å². The Morgan fingerprint density at radius 1 is 1.47 bits per heavy atom. The molecule has 17 heavy (non-hydrogen) atoms. The van der Waals surface area contributed by atoms with Crippen molar-refractivity contribution in [2.24, 2.45) is 0 Å². The second kappa shape index (κ2) is 5.08. The Kier molecular flexibility index (Phi) is 3.90. The topological polar surface area (TPSA) is 41.1 Å². The van der Waals surface area contributed by atoms with Crippen LogP contribution < -0.4 is 10.6 Å². The maximum Gasteiger partial charge on any atom is 0.252 e. The molecule has 1 aromatic carbocycles. The Morgan fingerprint density at radius 2 is 2.24 bits per heavy atom. The quantitative estimate of drug-likeness (QED) is 0.850. The number of rotatable bonds is 2. The van der Waals surface area contributed by atoms with Crippen LogP contribution in [0.2, 0.25) is 0 Å². The zero-order valence-corrected chi connectivity index (χ0v) is 12.7. The van der Waals surface area contributed by atoms with Crippen LogP contribution in [0.4, 0.5) is 0 Å². The Balaban J connectivity index is 2.17.